The summed E-state index contributed by atoms with van der Waals surface area (Å²) in [6.07, 6.45) is 1.57. The van der Waals surface area contributed by atoms with Crippen LogP contribution in [0.3, 0.4) is 0 Å². The maximum absolute atomic E-state index is 14.7. The summed E-state index contributed by atoms with van der Waals surface area (Å²) in [5.41, 5.74) is 5.96. The Balaban J connectivity index is 0.00000158. The van der Waals surface area contributed by atoms with Gasteiger partial charge >= 0.3 is 6.01 Å². The minimum atomic E-state index is -0.705. The van der Waals surface area contributed by atoms with E-state index in [1.165, 1.54) is 28.4 Å². The third kappa shape index (κ3) is 5.94. The number of carbonyl (C=O) groups is 1. The van der Waals surface area contributed by atoms with E-state index in [-0.39, 0.29) is 29.3 Å². The monoisotopic (exact) mass is 489 g/mol. The summed E-state index contributed by atoms with van der Waals surface area (Å²) in [6, 6.07) is 3.89. The molecule has 1 aromatic carbocycles. The normalized spacial score (nSPS) is 15.4. The van der Waals surface area contributed by atoms with Crippen LogP contribution in [0.1, 0.15) is 31.1 Å². The Bertz CT molecular complexity index is 1140. The molecule has 0 saturated carbocycles. The number of morpholine rings is 1. The summed E-state index contributed by atoms with van der Waals surface area (Å²) >= 11 is 1.22. The Kier molecular flexibility index (Phi) is 8.29. The van der Waals surface area contributed by atoms with Gasteiger partial charge in [0.2, 0.25) is 5.95 Å². The highest BCUT2D eigenvalue weighted by Crippen LogP contribution is 2.30. The van der Waals surface area contributed by atoms with Crippen molar-refractivity contribution >= 4 is 28.3 Å². The number of halogens is 1. The molecule has 1 amide bonds. The van der Waals surface area contributed by atoms with Crippen LogP contribution in [0.2, 0.25) is 0 Å². The number of nitrogens with two attached hydrogens (primary N) is 1. The van der Waals surface area contributed by atoms with Crippen molar-refractivity contribution in [1.82, 2.24) is 24.8 Å². The molecule has 0 aliphatic carbocycles. The van der Waals surface area contributed by atoms with Crippen molar-refractivity contribution in [3.63, 3.8) is 0 Å². The zero-order valence-electron chi connectivity index (χ0n) is 19.8. The van der Waals surface area contributed by atoms with E-state index in [1.54, 1.807) is 20.3 Å². The fraction of sp³-hybridized carbons (Fsp3) is 0.409. The van der Waals surface area contributed by atoms with Crippen LogP contribution in [-0.4, -0.2) is 70.6 Å². The molecular formula is C22H28FN7O3S. The zero-order valence-corrected chi connectivity index (χ0v) is 20.6. The predicted molar refractivity (Wildman–Crippen MR) is 129 cm³/mol. The molecular weight excluding hydrogens is 461 g/mol. The maximum Gasteiger partial charge on any atom is 0.327 e. The van der Waals surface area contributed by atoms with E-state index < -0.39 is 5.82 Å². The minimum Gasteiger partial charge on any atom is -0.421 e. The Morgan fingerprint density at radius 1 is 1.29 bits per heavy atom. The number of hydrogen-bond donors (Lipinski definition) is 1. The highest BCUT2D eigenvalue weighted by Gasteiger charge is 2.23. The lowest BCUT2D eigenvalue weighted by Gasteiger charge is -2.31. The van der Waals surface area contributed by atoms with Crippen molar-refractivity contribution in [1.29, 1.82) is 0 Å². The van der Waals surface area contributed by atoms with Gasteiger partial charge < -0.3 is 25.0 Å². The second-order valence-corrected chi connectivity index (χ2v) is 8.44. The SMILES string of the molecule is CC.CC1CN(c2nc(Oc3ccc(C(=O)N(C)C)cc3F)nc(-c3cnc(N)s3)n2)CCO1. The molecule has 1 aliphatic heterocycles. The van der Waals surface area contributed by atoms with Crippen LogP contribution in [0.4, 0.5) is 15.5 Å². The predicted octanol–water partition coefficient (Wildman–Crippen LogP) is 3.46. The maximum atomic E-state index is 14.7. The Morgan fingerprint density at radius 3 is 2.68 bits per heavy atom. The molecule has 1 fully saturated rings. The van der Waals surface area contributed by atoms with E-state index in [1.807, 2.05) is 25.7 Å². The van der Waals surface area contributed by atoms with Crippen LogP contribution in [0.25, 0.3) is 10.7 Å². The summed E-state index contributed by atoms with van der Waals surface area (Å²) < 4.78 is 25.9. The number of thiazole rings is 1. The number of hydrogen-bond acceptors (Lipinski definition) is 10. The molecule has 12 heteroatoms. The van der Waals surface area contributed by atoms with E-state index in [2.05, 4.69) is 19.9 Å². The Hall–Kier alpha value is -3.38. The van der Waals surface area contributed by atoms with Crippen molar-refractivity contribution in [3.8, 4) is 22.5 Å². The quantitative estimate of drug-likeness (QED) is 0.574. The molecule has 1 aliphatic rings. The fourth-order valence-electron chi connectivity index (χ4n) is 3.11. The molecule has 1 atom stereocenters. The molecule has 2 N–H and O–H groups in total. The highest BCUT2D eigenvalue weighted by molar-refractivity contribution is 7.18. The summed E-state index contributed by atoms with van der Waals surface area (Å²) in [7, 11) is 3.19. The van der Waals surface area contributed by atoms with Gasteiger partial charge in [0, 0.05) is 32.7 Å². The van der Waals surface area contributed by atoms with Gasteiger partial charge in [-0.25, -0.2) is 9.37 Å². The molecule has 2 aromatic heterocycles. The first-order valence-corrected chi connectivity index (χ1v) is 11.6. The third-order valence-corrected chi connectivity index (χ3v) is 5.48. The van der Waals surface area contributed by atoms with Crippen LogP contribution in [0.5, 0.6) is 11.8 Å². The largest absolute Gasteiger partial charge is 0.421 e. The number of rotatable bonds is 5. The molecule has 1 saturated heterocycles. The lowest BCUT2D eigenvalue weighted by Crippen LogP contribution is -2.42. The van der Waals surface area contributed by atoms with E-state index in [0.29, 0.717) is 41.5 Å². The lowest BCUT2D eigenvalue weighted by atomic mass is 10.2. The first kappa shape index (κ1) is 25.2. The van der Waals surface area contributed by atoms with Crippen LogP contribution in [0.15, 0.2) is 24.4 Å². The van der Waals surface area contributed by atoms with Crippen LogP contribution in [0, 0.1) is 5.82 Å². The van der Waals surface area contributed by atoms with Gasteiger partial charge in [-0.2, -0.15) is 15.0 Å². The van der Waals surface area contributed by atoms with E-state index in [4.69, 9.17) is 15.2 Å². The summed E-state index contributed by atoms with van der Waals surface area (Å²) in [5.74, 6) is -0.430. The molecule has 4 rings (SSSR count). The number of aromatic nitrogens is 4. The first-order valence-electron chi connectivity index (χ1n) is 10.8. The average Bonchev–Trinajstić information content (AvgIpc) is 3.27. The van der Waals surface area contributed by atoms with E-state index >= 15 is 0 Å². The van der Waals surface area contributed by atoms with Crippen molar-refractivity contribution in [3.05, 3.63) is 35.8 Å². The Morgan fingerprint density at radius 2 is 2.06 bits per heavy atom. The van der Waals surface area contributed by atoms with Crippen molar-refractivity contribution in [2.45, 2.75) is 26.9 Å². The van der Waals surface area contributed by atoms with Crippen LogP contribution in [-0.2, 0) is 4.74 Å². The number of nitrogens with zero attached hydrogens (tertiary/aromatic N) is 6. The van der Waals surface area contributed by atoms with Crippen molar-refractivity contribution < 1.29 is 18.7 Å². The van der Waals surface area contributed by atoms with Gasteiger partial charge in [-0.3, -0.25) is 4.79 Å². The number of anilines is 2. The summed E-state index contributed by atoms with van der Waals surface area (Å²) in [6.45, 7) is 7.67. The Labute approximate surface area is 201 Å². The van der Waals surface area contributed by atoms with Crippen LogP contribution < -0.4 is 15.4 Å². The smallest absolute Gasteiger partial charge is 0.327 e. The zero-order chi connectivity index (χ0) is 24.8. The molecule has 3 heterocycles. The number of benzene rings is 1. The summed E-state index contributed by atoms with van der Waals surface area (Å²) in [4.78, 5) is 33.3. The van der Waals surface area contributed by atoms with Gasteiger partial charge in [0.25, 0.3) is 5.91 Å². The lowest BCUT2D eigenvalue weighted by molar-refractivity contribution is 0.0526. The highest BCUT2D eigenvalue weighted by atomic mass is 32.1. The van der Waals surface area contributed by atoms with Gasteiger partial charge in [-0.1, -0.05) is 25.2 Å². The van der Waals surface area contributed by atoms with Crippen LogP contribution >= 0.6 is 11.3 Å². The second-order valence-electron chi connectivity index (χ2n) is 7.38. The van der Waals surface area contributed by atoms with Gasteiger partial charge in [0.15, 0.2) is 22.5 Å². The third-order valence-electron chi connectivity index (χ3n) is 4.66. The van der Waals surface area contributed by atoms with E-state index in [9.17, 15) is 9.18 Å². The van der Waals surface area contributed by atoms with Crippen molar-refractivity contribution in [2.24, 2.45) is 0 Å². The molecule has 0 bridgehead atoms. The van der Waals surface area contributed by atoms with Gasteiger partial charge in [-0.05, 0) is 25.1 Å². The topological polar surface area (TPSA) is 120 Å². The number of nitrogen functional groups attached to an aromatic ring is 1. The van der Waals surface area contributed by atoms with Gasteiger partial charge in [0.05, 0.1) is 23.8 Å². The molecule has 10 nitrogen and oxygen atoms in total. The standard InChI is InChI=1S/C20H22FN7O3S.C2H6/c1-11-10-28(6-7-30-11)19-24-16(15-9-23-18(22)32-15)25-20(26-19)31-14-5-4-12(8-13(14)21)17(29)27(2)3;1-2/h4-5,8-9,11H,6-7,10H2,1-3H3,(H2,22,23);1-2H3. The fourth-order valence-corrected chi connectivity index (χ4v) is 3.73. The summed E-state index contributed by atoms with van der Waals surface area (Å²) in [5, 5.41) is 0.372. The number of carbonyl (C=O) groups excluding carboxylic acids is 1. The first-order chi connectivity index (χ1) is 16.3. The molecule has 0 spiro atoms. The molecule has 34 heavy (non-hydrogen) atoms. The average molecular weight is 490 g/mol. The molecule has 3 aromatic rings. The van der Waals surface area contributed by atoms with E-state index in [0.717, 1.165) is 6.07 Å². The molecule has 0 radical (unpaired) electrons. The second kappa shape index (κ2) is 11.2. The van der Waals surface area contributed by atoms with Crippen molar-refractivity contribution in [2.75, 3.05) is 44.4 Å². The number of amides is 1. The number of ether oxygens (including phenoxy) is 2. The van der Waals surface area contributed by atoms with Gasteiger partial charge in [0.1, 0.15) is 0 Å². The minimum absolute atomic E-state index is 0.00612. The van der Waals surface area contributed by atoms with Gasteiger partial charge in [-0.15, -0.1) is 0 Å². The molecule has 1 unspecified atom stereocenters. The molecule has 182 valence electrons.